The van der Waals surface area contributed by atoms with E-state index in [1.54, 1.807) is 6.20 Å². The summed E-state index contributed by atoms with van der Waals surface area (Å²) >= 11 is 6.29. The van der Waals surface area contributed by atoms with E-state index in [1.807, 2.05) is 20.2 Å². The minimum Gasteiger partial charge on any atom is -0.393 e. The molecule has 0 bridgehead atoms. The first kappa shape index (κ1) is 24.7. The van der Waals surface area contributed by atoms with Gasteiger partial charge in [-0.05, 0) is 105 Å². The molecule has 4 aliphatic rings. The second kappa shape index (κ2) is 9.82. The molecule has 1 fully saturated rings. The molecule has 5 atom stereocenters. The van der Waals surface area contributed by atoms with E-state index < -0.39 is 6.10 Å². The Hall–Kier alpha value is -1.98. The van der Waals surface area contributed by atoms with Crippen molar-refractivity contribution in [1.82, 2.24) is 10.3 Å². The summed E-state index contributed by atoms with van der Waals surface area (Å²) in [5.74, 6) is 1.00. The van der Waals surface area contributed by atoms with Crippen LogP contribution >= 0.6 is 11.6 Å². The summed E-state index contributed by atoms with van der Waals surface area (Å²) in [4.78, 5) is 4.20. The van der Waals surface area contributed by atoms with E-state index in [4.69, 9.17) is 11.6 Å². The number of aliphatic hydroxyl groups excluding tert-OH is 2. The van der Waals surface area contributed by atoms with Crippen LogP contribution in [0.5, 0.6) is 0 Å². The number of benzene rings is 1. The molecule has 1 heterocycles. The van der Waals surface area contributed by atoms with Gasteiger partial charge in [-0.25, -0.2) is 4.98 Å². The SMILES string of the molecule is CC12CC(O)C3=C(CCC4CCC(O)CC4=C3)C1CC=C2c1ccc2c(Cl)nccc2c1.CNC. The summed E-state index contributed by atoms with van der Waals surface area (Å²) in [6.07, 6.45) is 12.5. The summed E-state index contributed by atoms with van der Waals surface area (Å²) in [6, 6.07) is 8.48. The maximum absolute atomic E-state index is 11.4. The van der Waals surface area contributed by atoms with Crippen LogP contribution in [0.15, 0.2) is 59.3 Å². The Morgan fingerprint density at radius 1 is 1.11 bits per heavy atom. The van der Waals surface area contributed by atoms with Crippen molar-refractivity contribution in [1.29, 1.82) is 0 Å². The van der Waals surface area contributed by atoms with Gasteiger partial charge in [0.05, 0.1) is 12.2 Å². The molecule has 0 radical (unpaired) electrons. The van der Waals surface area contributed by atoms with Crippen molar-refractivity contribution in [3.8, 4) is 0 Å². The van der Waals surface area contributed by atoms with E-state index in [0.717, 1.165) is 61.3 Å². The molecule has 1 aromatic heterocycles. The van der Waals surface area contributed by atoms with E-state index in [1.165, 1.54) is 22.3 Å². The van der Waals surface area contributed by atoms with Gasteiger partial charge >= 0.3 is 0 Å². The molecular formula is C30H37ClN2O2. The Morgan fingerprint density at radius 2 is 1.91 bits per heavy atom. The van der Waals surface area contributed by atoms with Crippen LogP contribution in [0.2, 0.25) is 5.15 Å². The summed E-state index contributed by atoms with van der Waals surface area (Å²) in [5, 5.41) is 26.9. The van der Waals surface area contributed by atoms with Gasteiger partial charge in [-0.2, -0.15) is 0 Å². The van der Waals surface area contributed by atoms with Crippen LogP contribution in [0.25, 0.3) is 16.3 Å². The van der Waals surface area contributed by atoms with Crippen molar-refractivity contribution in [3.63, 3.8) is 0 Å². The monoisotopic (exact) mass is 492 g/mol. The Bertz CT molecular complexity index is 1220. The van der Waals surface area contributed by atoms with Gasteiger partial charge in [-0.15, -0.1) is 0 Å². The molecule has 2 aromatic rings. The van der Waals surface area contributed by atoms with E-state index in [-0.39, 0.29) is 11.5 Å². The number of halogens is 1. The number of nitrogens with one attached hydrogen (secondary N) is 1. The lowest BCUT2D eigenvalue weighted by molar-refractivity contribution is 0.124. The zero-order valence-corrected chi connectivity index (χ0v) is 21.8. The Kier molecular flexibility index (Phi) is 6.93. The number of aromatic nitrogens is 1. The van der Waals surface area contributed by atoms with Crippen LogP contribution in [-0.4, -0.2) is 41.5 Å². The molecule has 4 nitrogen and oxygen atoms in total. The summed E-state index contributed by atoms with van der Waals surface area (Å²) in [6.45, 7) is 2.35. The molecule has 4 aliphatic carbocycles. The maximum Gasteiger partial charge on any atom is 0.136 e. The molecule has 0 spiro atoms. The fourth-order valence-electron chi connectivity index (χ4n) is 7.04. The van der Waals surface area contributed by atoms with E-state index in [0.29, 0.717) is 17.0 Å². The highest BCUT2D eigenvalue weighted by Gasteiger charge is 2.49. The molecule has 0 aliphatic heterocycles. The second-order valence-corrected chi connectivity index (χ2v) is 11.3. The molecule has 1 saturated carbocycles. The molecule has 35 heavy (non-hydrogen) atoms. The Labute approximate surface area is 213 Å². The number of rotatable bonds is 1. The molecule has 0 saturated heterocycles. The first-order valence-electron chi connectivity index (χ1n) is 13.0. The maximum atomic E-state index is 11.4. The second-order valence-electron chi connectivity index (χ2n) is 11.0. The molecule has 3 N–H and O–H groups in total. The third-order valence-electron chi connectivity index (χ3n) is 8.68. The molecule has 1 aromatic carbocycles. The number of nitrogens with zero attached hydrogens (tertiary/aromatic N) is 1. The van der Waals surface area contributed by atoms with Crippen molar-refractivity contribution in [3.05, 3.63) is 70.1 Å². The van der Waals surface area contributed by atoms with Crippen molar-refractivity contribution in [2.75, 3.05) is 14.1 Å². The van der Waals surface area contributed by atoms with Crippen LogP contribution in [0.1, 0.15) is 57.4 Å². The lowest BCUT2D eigenvalue weighted by Gasteiger charge is -2.43. The average Bonchev–Trinajstić information content (AvgIpc) is 3.04. The van der Waals surface area contributed by atoms with Crippen molar-refractivity contribution in [2.24, 2.45) is 17.3 Å². The van der Waals surface area contributed by atoms with Gasteiger partial charge in [0, 0.05) is 17.0 Å². The van der Waals surface area contributed by atoms with E-state index >= 15 is 0 Å². The largest absolute Gasteiger partial charge is 0.393 e. The van der Waals surface area contributed by atoms with Gasteiger partial charge in [0.25, 0.3) is 0 Å². The Balaban J connectivity index is 0.000000806. The standard InChI is InChI=1S/C28H30ClNO2.C2H7N/c1-28-15-26(32)23-14-19-13-20(31)5-2-16(19)3-7-22(23)25(28)9-8-24(28)18-4-6-21-17(12-18)10-11-30-27(21)29;1-3-2/h4,6,8,10-12,14,16,20,25-26,31-32H,2-3,5,7,9,13,15H2,1H3;3H,1-2H3. The van der Waals surface area contributed by atoms with Crippen molar-refractivity contribution < 1.29 is 10.2 Å². The fraction of sp³-hybridized carbons (Fsp3) is 0.500. The quantitative estimate of drug-likeness (QED) is 0.422. The average molecular weight is 493 g/mol. The molecule has 5 heteroatoms. The third-order valence-corrected chi connectivity index (χ3v) is 8.98. The van der Waals surface area contributed by atoms with Crippen LogP contribution in [0.4, 0.5) is 0 Å². The zero-order chi connectivity index (χ0) is 24.7. The number of pyridine rings is 1. The van der Waals surface area contributed by atoms with Gasteiger partial charge < -0.3 is 15.5 Å². The highest BCUT2D eigenvalue weighted by atomic mass is 35.5. The lowest BCUT2D eigenvalue weighted by Crippen LogP contribution is -2.37. The van der Waals surface area contributed by atoms with Gasteiger partial charge in [-0.1, -0.05) is 54.0 Å². The normalized spacial score (nSPS) is 31.9. The summed E-state index contributed by atoms with van der Waals surface area (Å²) in [7, 11) is 3.75. The number of allylic oxidation sites excluding steroid dienone is 3. The predicted molar refractivity (Wildman–Crippen MR) is 144 cm³/mol. The topological polar surface area (TPSA) is 65.4 Å². The van der Waals surface area contributed by atoms with Crippen LogP contribution in [0, 0.1) is 17.3 Å². The highest BCUT2D eigenvalue weighted by Crippen LogP contribution is 2.59. The predicted octanol–water partition coefficient (Wildman–Crippen LogP) is 6.08. The number of fused-ring (bicyclic) bond motifs is 4. The lowest BCUT2D eigenvalue weighted by atomic mass is 9.61. The van der Waals surface area contributed by atoms with Crippen molar-refractivity contribution >= 4 is 27.9 Å². The highest BCUT2D eigenvalue weighted by molar-refractivity contribution is 6.34. The third kappa shape index (κ3) is 4.40. The first-order valence-corrected chi connectivity index (χ1v) is 13.4. The van der Waals surface area contributed by atoms with E-state index in [2.05, 4.69) is 47.6 Å². The number of hydrogen-bond acceptors (Lipinski definition) is 4. The minimum atomic E-state index is -0.447. The van der Waals surface area contributed by atoms with Crippen LogP contribution < -0.4 is 5.32 Å². The van der Waals surface area contributed by atoms with Gasteiger partial charge in [0.15, 0.2) is 0 Å². The van der Waals surface area contributed by atoms with Gasteiger partial charge in [0.1, 0.15) is 5.15 Å². The van der Waals surface area contributed by atoms with Gasteiger partial charge in [-0.3, -0.25) is 0 Å². The molecule has 5 unspecified atom stereocenters. The smallest absolute Gasteiger partial charge is 0.136 e. The number of aliphatic hydroxyl groups is 2. The molecule has 0 amide bonds. The summed E-state index contributed by atoms with van der Waals surface area (Å²) < 4.78 is 0. The van der Waals surface area contributed by atoms with Crippen LogP contribution in [0.3, 0.4) is 0 Å². The number of hydrogen-bond donors (Lipinski definition) is 3. The molecule has 186 valence electrons. The Morgan fingerprint density at radius 3 is 2.71 bits per heavy atom. The zero-order valence-electron chi connectivity index (χ0n) is 21.0. The fourth-order valence-corrected chi connectivity index (χ4v) is 7.27. The molecule has 6 rings (SSSR count). The van der Waals surface area contributed by atoms with E-state index in [9.17, 15) is 10.2 Å². The van der Waals surface area contributed by atoms with Crippen LogP contribution in [-0.2, 0) is 0 Å². The summed E-state index contributed by atoms with van der Waals surface area (Å²) in [5.41, 5.74) is 6.49. The van der Waals surface area contributed by atoms with Crippen molar-refractivity contribution in [2.45, 2.75) is 64.1 Å². The molecular weight excluding hydrogens is 456 g/mol. The minimum absolute atomic E-state index is 0.0731. The first-order chi connectivity index (χ1) is 16.9. The van der Waals surface area contributed by atoms with Gasteiger partial charge in [0.2, 0.25) is 0 Å².